The molecule has 0 atom stereocenters. The standard InChI is InChI=1S/C20H20F2N2O3/c1-23(13-14-4-10-17(11-5-14)27-20(21)22)19(26)15-6-8-16(9-7-15)24-12-2-3-18(24)25/h4-11,20H,2-3,12-13H2,1H3. The van der Waals surface area contributed by atoms with E-state index < -0.39 is 6.61 Å². The summed E-state index contributed by atoms with van der Waals surface area (Å²) in [6.45, 7) is -1.82. The largest absolute Gasteiger partial charge is 0.435 e. The Labute approximate surface area is 156 Å². The van der Waals surface area contributed by atoms with Crippen molar-refractivity contribution in [1.29, 1.82) is 0 Å². The molecule has 0 unspecified atom stereocenters. The number of amides is 2. The van der Waals surface area contributed by atoms with Gasteiger partial charge in [0.25, 0.3) is 5.91 Å². The number of anilines is 1. The van der Waals surface area contributed by atoms with Crippen molar-refractivity contribution in [3.8, 4) is 5.75 Å². The zero-order valence-corrected chi connectivity index (χ0v) is 14.9. The van der Waals surface area contributed by atoms with Gasteiger partial charge in [-0.05, 0) is 48.4 Å². The van der Waals surface area contributed by atoms with Crippen LogP contribution in [0, 0.1) is 0 Å². The fraction of sp³-hybridized carbons (Fsp3) is 0.300. The second-order valence-corrected chi connectivity index (χ2v) is 6.38. The molecule has 2 amide bonds. The quantitative estimate of drug-likeness (QED) is 0.775. The van der Waals surface area contributed by atoms with Crippen LogP contribution in [0.3, 0.4) is 0 Å². The first kappa shape index (κ1) is 18.8. The van der Waals surface area contributed by atoms with Gasteiger partial charge in [0.2, 0.25) is 5.91 Å². The first-order chi connectivity index (χ1) is 12.9. The van der Waals surface area contributed by atoms with Crippen molar-refractivity contribution in [2.24, 2.45) is 0 Å². The molecule has 2 aromatic carbocycles. The molecule has 7 heteroatoms. The average molecular weight is 374 g/mol. The lowest BCUT2D eigenvalue weighted by atomic mass is 10.1. The minimum atomic E-state index is -2.86. The van der Waals surface area contributed by atoms with E-state index in [2.05, 4.69) is 4.74 Å². The predicted molar refractivity (Wildman–Crippen MR) is 96.9 cm³/mol. The minimum Gasteiger partial charge on any atom is -0.435 e. The topological polar surface area (TPSA) is 49.9 Å². The van der Waals surface area contributed by atoms with Crippen molar-refractivity contribution >= 4 is 17.5 Å². The van der Waals surface area contributed by atoms with Crippen LogP contribution < -0.4 is 9.64 Å². The molecule has 0 N–H and O–H groups in total. The van der Waals surface area contributed by atoms with Crippen LogP contribution in [0.15, 0.2) is 48.5 Å². The van der Waals surface area contributed by atoms with Crippen LogP contribution in [0.4, 0.5) is 14.5 Å². The van der Waals surface area contributed by atoms with E-state index in [0.29, 0.717) is 25.1 Å². The summed E-state index contributed by atoms with van der Waals surface area (Å²) >= 11 is 0. The Morgan fingerprint density at radius 1 is 1.15 bits per heavy atom. The molecule has 2 aromatic rings. The lowest BCUT2D eigenvalue weighted by Crippen LogP contribution is -2.26. The van der Waals surface area contributed by atoms with Crippen molar-refractivity contribution in [2.75, 3.05) is 18.5 Å². The fourth-order valence-electron chi connectivity index (χ4n) is 3.05. The van der Waals surface area contributed by atoms with Gasteiger partial charge in [0, 0.05) is 37.8 Å². The molecule has 0 spiro atoms. The Morgan fingerprint density at radius 3 is 2.37 bits per heavy atom. The Kier molecular flexibility index (Phi) is 5.69. The zero-order chi connectivity index (χ0) is 19.4. The molecule has 1 aliphatic heterocycles. The third-order valence-corrected chi connectivity index (χ3v) is 4.41. The molecule has 5 nitrogen and oxygen atoms in total. The maximum Gasteiger partial charge on any atom is 0.387 e. The molecule has 3 rings (SSSR count). The van der Waals surface area contributed by atoms with Crippen LogP contribution in [0.5, 0.6) is 5.75 Å². The third kappa shape index (κ3) is 4.61. The van der Waals surface area contributed by atoms with E-state index in [0.717, 1.165) is 17.7 Å². The summed E-state index contributed by atoms with van der Waals surface area (Å²) in [7, 11) is 1.67. The molecule has 1 fully saturated rings. The van der Waals surface area contributed by atoms with Gasteiger partial charge in [0.05, 0.1) is 0 Å². The summed E-state index contributed by atoms with van der Waals surface area (Å²) in [6.07, 6.45) is 1.41. The normalized spacial score (nSPS) is 13.9. The fourth-order valence-corrected chi connectivity index (χ4v) is 3.05. The number of nitrogens with zero attached hydrogens (tertiary/aromatic N) is 2. The second-order valence-electron chi connectivity index (χ2n) is 6.38. The van der Waals surface area contributed by atoms with Crippen LogP contribution >= 0.6 is 0 Å². The van der Waals surface area contributed by atoms with Gasteiger partial charge < -0.3 is 14.5 Å². The maximum absolute atomic E-state index is 12.6. The summed E-state index contributed by atoms with van der Waals surface area (Å²) in [5.74, 6) is 0.0162. The summed E-state index contributed by atoms with van der Waals surface area (Å²) in [5, 5.41) is 0. The number of alkyl halides is 2. The highest BCUT2D eigenvalue weighted by atomic mass is 19.3. The minimum absolute atomic E-state index is 0.0785. The van der Waals surface area contributed by atoms with Gasteiger partial charge >= 0.3 is 6.61 Å². The maximum atomic E-state index is 12.6. The summed E-state index contributed by atoms with van der Waals surface area (Å²) in [5.41, 5.74) is 2.11. The lowest BCUT2D eigenvalue weighted by molar-refractivity contribution is -0.117. The van der Waals surface area contributed by atoms with E-state index in [-0.39, 0.29) is 17.6 Å². The van der Waals surface area contributed by atoms with Crippen LogP contribution in [-0.2, 0) is 11.3 Å². The molecule has 1 heterocycles. The van der Waals surface area contributed by atoms with Crippen molar-refractivity contribution in [2.45, 2.75) is 26.0 Å². The van der Waals surface area contributed by atoms with Gasteiger partial charge in [0.15, 0.2) is 0 Å². The number of ether oxygens (including phenoxy) is 1. The van der Waals surface area contributed by atoms with Gasteiger partial charge in [-0.25, -0.2) is 0 Å². The number of hydrogen-bond donors (Lipinski definition) is 0. The van der Waals surface area contributed by atoms with E-state index in [1.807, 2.05) is 0 Å². The highest BCUT2D eigenvalue weighted by Gasteiger charge is 2.22. The summed E-state index contributed by atoms with van der Waals surface area (Å²) in [4.78, 5) is 27.6. The molecule has 0 aromatic heterocycles. The molecule has 1 aliphatic rings. The molecule has 0 saturated carbocycles. The van der Waals surface area contributed by atoms with Gasteiger partial charge in [-0.3, -0.25) is 9.59 Å². The molecular formula is C20H20F2N2O3. The van der Waals surface area contributed by atoms with Gasteiger partial charge in [-0.2, -0.15) is 8.78 Å². The number of rotatable bonds is 6. The van der Waals surface area contributed by atoms with Gasteiger partial charge in [-0.1, -0.05) is 12.1 Å². The number of halogens is 2. The van der Waals surface area contributed by atoms with Crippen molar-refractivity contribution in [1.82, 2.24) is 4.90 Å². The third-order valence-electron chi connectivity index (χ3n) is 4.41. The van der Waals surface area contributed by atoms with Crippen molar-refractivity contribution < 1.29 is 23.1 Å². The van der Waals surface area contributed by atoms with Crippen LogP contribution in [0.1, 0.15) is 28.8 Å². The Balaban J connectivity index is 1.62. The van der Waals surface area contributed by atoms with E-state index in [4.69, 9.17) is 0 Å². The smallest absolute Gasteiger partial charge is 0.387 e. The van der Waals surface area contributed by atoms with E-state index in [9.17, 15) is 18.4 Å². The Hall–Kier alpha value is -2.96. The summed E-state index contributed by atoms with van der Waals surface area (Å²) in [6, 6.07) is 13.1. The van der Waals surface area contributed by atoms with E-state index >= 15 is 0 Å². The number of hydrogen-bond acceptors (Lipinski definition) is 3. The molecule has 27 heavy (non-hydrogen) atoms. The van der Waals surface area contributed by atoms with E-state index in [1.54, 1.807) is 53.2 Å². The number of carbonyl (C=O) groups is 2. The molecule has 0 bridgehead atoms. The van der Waals surface area contributed by atoms with Crippen LogP contribution in [0.25, 0.3) is 0 Å². The lowest BCUT2D eigenvalue weighted by Gasteiger charge is -2.19. The monoisotopic (exact) mass is 374 g/mol. The van der Waals surface area contributed by atoms with Crippen molar-refractivity contribution in [3.05, 3.63) is 59.7 Å². The molecule has 142 valence electrons. The van der Waals surface area contributed by atoms with Gasteiger partial charge in [-0.15, -0.1) is 0 Å². The Morgan fingerprint density at radius 2 is 1.81 bits per heavy atom. The first-order valence-electron chi connectivity index (χ1n) is 8.63. The first-order valence-corrected chi connectivity index (χ1v) is 8.63. The average Bonchev–Trinajstić information content (AvgIpc) is 3.08. The highest BCUT2D eigenvalue weighted by Crippen LogP contribution is 2.22. The van der Waals surface area contributed by atoms with Crippen molar-refractivity contribution in [3.63, 3.8) is 0 Å². The van der Waals surface area contributed by atoms with E-state index in [1.165, 1.54) is 12.1 Å². The van der Waals surface area contributed by atoms with Gasteiger partial charge in [0.1, 0.15) is 5.75 Å². The summed E-state index contributed by atoms with van der Waals surface area (Å²) < 4.78 is 28.7. The second kappa shape index (κ2) is 8.16. The predicted octanol–water partition coefficient (Wildman–Crippen LogP) is 3.69. The zero-order valence-electron chi connectivity index (χ0n) is 14.9. The Bertz CT molecular complexity index is 807. The number of carbonyl (C=O) groups excluding carboxylic acids is 2. The molecule has 0 radical (unpaired) electrons. The van der Waals surface area contributed by atoms with Crippen LogP contribution in [-0.4, -0.2) is 36.9 Å². The number of benzene rings is 2. The highest BCUT2D eigenvalue weighted by molar-refractivity contribution is 5.97. The SMILES string of the molecule is CN(Cc1ccc(OC(F)F)cc1)C(=O)c1ccc(N2CCCC2=O)cc1. The van der Waals surface area contributed by atoms with Crippen LogP contribution in [0.2, 0.25) is 0 Å². The molecule has 1 saturated heterocycles. The molecule has 0 aliphatic carbocycles. The molecular weight excluding hydrogens is 354 g/mol.